The number of methoxy groups -OCH3 is 1. The third kappa shape index (κ3) is 5.02. The van der Waals surface area contributed by atoms with Gasteiger partial charge in [0.25, 0.3) is 5.91 Å². The van der Waals surface area contributed by atoms with Gasteiger partial charge in [-0.3, -0.25) is 4.79 Å². The topological polar surface area (TPSA) is 86.5 Å². The van der Waals surface area contributed by atoms with Crippen LogP contribution in [0, 0.1) is 6.92 Å². The van der Waals surface area contributed by atoms with E-state index in [2.05, 4.69) is 10.3 Å². The van der Waals surface area contributed by atoms with E-state index in [9.17, 15) is 4.79 Å². The van der Waals surface area contributed by atoms with Crippen LogP contribution in [0.1, 0.15) is 21.1 Å². The number of nitrogens with two attached hydrogens (primary N) is 1. The fourth-order valence-electron chi connectivity index (χ4n) is 1.93. The second-order valence-corrected chi connectivity index (χ2v) is 5.90. The van der Waals surface area contributed by atoms with Gasteiger partial charge in [0.15, 0.2) is 0 Å². The van der Waals surface area contributed by atoms with Crippen molar-refractivity contribution in [3.8, 4) is 5.75 Å². The maximum Gasteiger partial charge on any atom is 0.275 e. The average molecular weight is 335 g/mol. The van der Waals surface area contributed by atoms with Gasteiger partial charge < -0.3 is 20.5 Å². The molecule has 1 aromatic heterocycles. The number of benzene rings is 1. The van der Waals surface area contributed by atoms with Crippen LogP contribution in [0.2, 0.25) is 0 Å². The highest BCUT2D eigenvalue weighted by Gasteiger charge is 2.13. The molecule has 1 heterocycles. The maximum absolute atomic E-state index is 12.3. The molecule has 0 atom stereocenters. The molecule has 124 valence electrons. The Balaban J connectivity index is 2.09. The van der Waals surface area contributed by atoms with Crippen LogP contribution in [-0.2, 0) is 11.2 Å². The lowest BCUT2D eigenvalue weighted by molar-refractivity contribution is 0.102. The fourth-order valence-corrected chi connectivity index (χ4v) is 2.72. The zero-order chi connectivity index (χ0) is 16.7. The summed E-state index contributed by atoms with van der Waals surface area (Å²) in [6, 6.07) is 5.62. The third-order valence-corrected chi connectivity index (χ3v) is 3.98. The first-order valence-electron chi connectivity index (χ1n) is 7.32. The Labute approximate surface area is 139 Å². The van der Waals surface area contributed by atoms with Crippen molar-refractivity contribution in [2.45, 2.75) is 13.3 Å². The molecule has 0 spiro atoms. The molecule has 0 saturated heterocycles. The molecule has 3 N–H and O–H groups in total. The van der Waals surface area contributed by atoms with Gasteiger partial charge in [0, 0.05) is 18.9 Å². The Bertz CT molecular complexity index is 658. The molecule has 0 fully saturated rings. The molecule has 0 radical (unpaired) electrons. The minimum atomic E-state index is -0.259. The van der Waals surface area contributed by atoms with Crippen LogP contribution >= 0.6 is 11.3 Å². The average Bonchev–Trinajstić information content (AvgIpc) is 2.99. The molecule has 0 saturated carbocycles. The molecule has 1 aromatic carbocycles. The van der Waals surface area contributed by atoms with Crippen LogP contribution in [-0.4, -0.2) is 37.8 Å². The molecule has 2 aromatic rings. The zero-order valence-corrected chi connectivity index (χ0v) is 14.1. The number of rotatable bonds is 8. The van der Waals surface area contributed by atoms with Crippen molar-refractivity contribution in [3.63, 3.8) is 0 Å². The Kier molecular flexibility index (Phi) is 6.52. The van der Waals surface area contributed by atoms with Crippen LogP contribution in [0.4, 0.5) is 5.69 Å². The van der Waals surface area contributed by atoms with E-state index in [-0.39, 0.29) is 5.91 Å². The summed E-state index contributed by atoms with van der Waals surface area (Å²) < 4.78 is 10.6. The number of carbonyl (C=O) groups is 1. The van der Waals surface area contributed by atoms with Crippen molar-refractivity contribution >= 4 is 22.9 Å². The van der Waals surface area contributed by atoms with E-state index >= 15 is 0 Å². The molecular weight excluding hydrogens is 314 g/mol. The molecule has 0 unspecified atom stereocenters. The standard InChI is InChI=1S/C16H21N3O3S/c1-11-3-4-12(14(9-11)22-8-7-21-2)19-16(20)13-10-23-15(18-13)5-6-17/h3-4,9-10H,5-8,17H2,1-2H3,(H,19,20). The quantitative estimate of drug-likeness (QED) is 0.723. The van der Waals surface area contributed by atoms with Gasteiger partial charge in [0.1, 0.15) is 18.1 Å². The predicted molar refractivity (Wildman–Crippen MR) is 91.4 cm³/mol. The number of ether oxygens (including phenoxy) is 2. The number of nitrogens with one attached hydrogen (secondary N) is 1. The minimum Gasteiger partial charge on any atom is -0.489 e. The minimum absolute atomic E-state index is 0.259. The van der Waals surface area contributed by atoms with Crippen LogP contribution < -0.4 is 15.8 Å². The Morgan fingerprint density at radius 1 is 1.39 bits per heavy atom. The van der Waals surface area contributed by atoms with E-state index in [0.717, 1.165) is 10.6 Å². The summed E-state index contributed by atoms with van der Waals surface area (Å²) in [5, 5.41) is 5.44. The number of thiazole rings is 1. The first kappa shape index (κ1) is 17.4. The van der Waals surface area contributed by atoms with Crippen molar-refractivity contribution in [1.82, 2.24) is 4.98 Å². The highest BCUT2D eigenvalue weighted by atomic mass is 32.1. The summed E-state index contributed by atoms with van der Waals surface area (Å²) in [6.07, 6.45) is 0.674. The second-order valence-electron chi connectivity index (χ2n) is 4.96. The fraction of sp³-hybridized carbons (Fsp3) is 0.375. The number of anilines is 1. The predicted octanol–water partition coefficient (Wildman–Crippen LogP) is 2.23. The van der Waals surface area contributed by atoms with E-state index in [1.807, 2.05) is 25.1 Å². The molecule has 0 aliphatic carbocycles. The third-order valence-electron chi connectivity index (χ3n) is 3.07. The largest absolute Gasteiger partial charge is 0.489 e. The number of hydrogen-bond acceptors (Lipinski definition) is 6. The lowest BCUT2D eigenvalue weighted by Crippen LogP contribution is -2.14. The lowest BCUT2D eigenvalue weighted by atomic mass is 10.2. The molecule has 23 heavy (non-hydrogen) atoms. The molecule has 0 bridgehead atoms. The van der Waals surface area contributed by atoms with Gasteiger partial charge in [0.05, 0.1) is 17.3 Å². The lowest BCUT2D eigenvalue weighted by Gasteiger charge is -2.12. The van der Waals surface area contributed by atoms with E-state index in [0.29, 0.717) is 43.3 Å². The highest BCUT2D eigenvalue weighted by molar-refractivity contribution is 7.09. The molecule has 7 heteroatoms. The molecule has 0 aliphatic heterocycles. The van der Waals surface area contributed by atoms with E-state index < -0.39 is 0 Å². The highest BCUT2D eigenvalue weighted by Crippen LogP contribution is 2.26. The summed E-state index contributed by atoms with van der Waals surface area (Å²) in [6.45, 7) is 3.38. The van der Waals surface area contributed by atoms with Crippen molar-refractivity contribution in [1.29, 1.82) is 0 Å². The van der Waals surface area contributed by atoms with Crippen molar-refractivity contribution in [2.75, 3.05) is 32.2 Å². The van der Waals surface area contributed by atoms with Gasteiger partial charge >= 0.3 is 0 Å². The summed E-state index contributed by atoms with van der Waals surface area (Å²) in [5.74, 6) is 0.359. The number of carbonyl (C=O) groups excluding carboxylic acids is 1. The normalized spacial score (nSPS) is 10.6. The summed E-state index contributed by atoms with van der Waals surface area (Å²) in [7, 11) is 1.61. The van der Waals surface area contributed by atoms with Crippen LogP contribution in [0.5, 0.6) is 5.75 Å². The molecule has 1 amide bonds. The van der Waals surface area contributed by atoms with E-state index in [4.69, 9.17) is 15.2 Å². The van der Waals surface area contributed by atoms with Crippen molar-refractivity contribution in [3.05, 3.63) is 39.8 Å². The van der Waals surface area contributed by atoms with E-state index in [1.165, 1.54) is 11.3 Å². The number of amides is 1. The molecule has 2 rings (SSSR count). The van der Waals surface area contributed by atoms with Gasteiger partial charge in [-0.2, -0.15) is 0 Å². The van der Waals surface area contributed by atoms with Gasteiger partial charge in [-0.25, -0.2) is 4.98 Å². The zero-order valence-electron chi connectivity index (χ0n) is 13.3. The Morgan fingerprint density at radius 2 is 2.22 bits per heavy atom. The smallest absolute Gasteiger partial charge is 0.275 e. The first-order valence-corrected chi connectivity index (χ1v) is 8.20. The second kappa shape index (κ2) is 8.61. The maximum atomic E-state index is 12.3. The van der Waals surface area contributed by atoms with Gasteiger partial charge in [-0.15, -0.1) is 11.3 Å². The summed E-state index contributed by atoms with van der Waals surface area (Å²) in [5.41, 5.74) is 7.56. The van der Waals surface area contributed by atoms with Crippen LogP contribution in [0.25, 0.3) is 0 Å². The first-order chi connectivity index (χ1) is 11.1. The van der Waals surface area contributed by atoms with Gasteiger partial charge in [0.2, 0.25) is 0 Å². The van der Waals surface area contributed by atoms with Gasteiger partial charge in [-0.05, 0) is 31.2 Å². The Hall–Kier alpha value is -1.96. The molecule has 0 aliphatic rings. The molecular formula is C16H21N3O3S. The van der Waals surface area contributed by atoms with E-state index in [1.54, 1.807) is 12.5 Å². The summed E-state index contributed by atoms with van der Waals surface area (Å²) >= 11 is 1.44. The number of hydrogen-bond donors (Lipinski definition) is 2. The summed E-state index contributed by atoms with van der Waals surface area (Å²) in [4.78, 5) is 16.6. The van der Waals surface area contributed by atoms with Crippen LogP contribution in [0.15, 0.2) is 23.6 Å². The van der Waals surface area contributed by atoms with Crippen molar-refractivity contribution < 1.29 is 14.3 Å². The number of aromatic nitrogens is 1. The van der Waals surface area contributed by atoms with Gasteiger partial charge in [-0.1, -0.05) is 6.07 Å². The Morgan fingerprint density at radius 3 is 2.96 bits per heavy atom. The number of aryl methyl sites for hydroxylation is 1. The van der Waals surface area contributed by atoms with Crippen LogP contribution in [0.3, 0.4) is 0 Å². The van der Waals surface area contributed by atoms with Crippen molar-refractivity contribution in [2.24, 2.45) is 5.73 Å². The number of nitrogens with zero attached hydrogens (tertiary/aromatic N) is 1. The molecule has 6 nitrogen and oxygen atoms in total. The SMILES string of the molecule is COCCOc1cc(C)ccc1NC(=O)c1csc(CCN)n1. The monoisotopic (exact) mass is 335 g/mol.